The maximum Gasteiger partial charge on any atom is 0.409 e. The van der Waals surface area contributed by atoms with Crippen molar-refractivity contribution in [2.45, 2.75) is 0 Å². The summed E-state index contributed by atoms with van der Waals surface area (Å²) in [6, 6.07) is 5.05. The van der Waals surface area contributed by atoms with Crippen LogP contribution in [-0.2, 0) is 4.74 Å². The first-order valence-corrected chi connectivity index (χ1v) is 8.13. The summed E-state index contributed by atoms with van der Waals surface area (Å²) in [4.78, 5) is 27.6. The topological polar surface area (TPSA) is 68.3 Å². The standard InChI is InChI=1S/C16H21ClN2O5/c1-22-13-4-3-12(11-14(13)23-2)15(20)18-6-8-19(9-7-18)16(21)24-10-5-17/h3-4,11H,5-10H2,1-2H3. The van der Waals surface area contributed by atoms with Crippen LogP contribution in [0.1, 0.15) is 10.4 Å². The van der Waals surface area contributed by atoms with Gasteiger partial charge >= 0.3 is 6.09 Å². The molecular formula is C16H21ClN2O5. The zero-order valence-electron chi connectivity index (χ0n) is 13.8. The zero-order valence-corrected chi connectivity index (χ0v) is 14.5. The minimum atomic E-state index is -0.395. The molecule has 0 aromatic heterocycles. The van der Waals surface area contributed by atoms with Crippen molar-refractivity contribution in [2.24, 2.45) is 0 Å². The molecule has 1 saturated heterocycles. The second-order valence-electron chi connectivity index (χ2n) is 5.15. The molecule has 1 aliphatic heterocycles. The van der Waals surface area contributed by atoms with E-state index >= 15 is 0 Å². The third-order valence-electron chi connectivity index (χ3n) is 3.76. The summed E-state index contributed by atoms with van der Waals surface area (Å²) in [5.41, 5.74) is 0.519. The second kappa shape index (κ2) is 8.63. The van der Waals surface area contributed by atoms with Crippen LogP contribution in [0.3, 0.4) is 0 Å². The van der Waals surface area contributed by atoms with E-state index in [9.17, 15) is 9.59 Å². The van der Waals surface area contributed by atoms with Crippen molar-refractivity contribution in [1.29, 1.82) is 0 Å². The van der Waals surface area contributed by atoms with Gasteiger partial charge in [-0.25, -0.2) is 4.79 Å². The Bertz CT molecular complexity index is 588. The summed E-state index contributed by atoms with van der Waals surface area (Å²) < 4.78 is 15.4. The molecule has 24 heavy (non-hydrogen) atoms. The summed E-state index contributed by atoms with van der Waals surface area (Å²) >= 11 is 5.50. The van der Waals surface area contributed by atoms with E-state index in [4.69, 9.17) is 25.8 Å². The molecule has 132 valence electrons. The first-order valence-electron chi connectivity index (χ1n) is 7.59. The van der Waals surface area contributed by atoms with Gasteiger partial charge in [-0.05, 0) is 18.2 Å². The fraction of sp³-hybridized carbons (Fsp3) is 0.500. The van der Waals surface area contributed by atoms with Crippen molar-refractivity contribution in [3.05, 3.63) is 23.8 Å². The number of carbonyl (C=O) groups excluding carboxylic acids is 2. The molecule has 0 spiro atoms. The first kappa shape index (κ1) is 18.2. The number of alkyl halides is 1. The molecule has 1 aromatic rings. The Hall–Kier alpha value is -2.15. The fourth-order valence-corrected chi connectivity index (χ4v) is 2.54. The smallest absolute Gasteiger partial charge is 0.409 e. The van der Waals surface area contributed by atoms with Gasteiger partial charge in [0.1, 0.15) is 6.61 Å². The molecule has 0 radical (unpaired) electrons. The van der Waals surface area contributed by atoms with E-state index in [-0.39, 0.29) is 18.4 Å². The molecule has 0 atom stereocenters. The summed E-state index contributed by atoms with van der Waals surface area (Å²) in [7, 11) is 3.07. The predicted octanol–water partition coefficient (Wildman–Crippen LogP) is 1.84. The van der Waals surface area contributed by atoms with Crippen LogP contribution < -0.4 is 9.47 Å². The van der Waals surface area contributed by atoms with Crippen LogP contribution >= 0.6 is 11.6 Å². The number of amides is 2. The van der Waals surface area contributed by atoms with Gasteiger partial charge in [0, 0.05) is 31.7 Å². The van der Waals surface area contributed by atoms with Crippen molar-refractivity contribution in [3.8, 4) is 11.5 Å². The summed E-state index contributed by atoms with van der Waals surface area (Å²) in [6.07, 6.45) is -0.395. The molecule has 0 N–H and O–H groups in total. The van der Waals surface area contributed by atoms with Crippen molar-refractivity contribution in [1.82, 2.24) is 9.80 Å². The Morgan fingerprint density at radius 3 is 2.25 bits per heavy atom. The summed E-state index contributed by atoms with van der Waals surface area (Å²) in [6.45, 7) is 1.94. The number of piperazine rings is 1. The van der Waals surface area contributed by atoms with E-state index in [1.807, 2.05) is 0 Å². The highest BCUT2D eigenvalue weighted by molar-refractivity contribution is 6.18. The van der Waals surface area contributed by atoms with E-state index in [0.29, 0.717) is 43.2 Å². The van der Waals surface area contributed by atoms with Gasteiger partial charge in [-0.15, -0.1) is 11.6 Å². The lowest BCUT2D eigenvalue weighted by molar-refractivity contribution is 0.0571. The highest BCUT2D eigenvalue weighted by atomic mass is 35.5. The number of nitrogens with zero attached hydrogens (tertiary/aromatic N) is 2. The maximum atomic E-state index is 12.6. The maximum absolute atomic E-state index is 12.6. The average Bonchev–Trinajstić information content (AvgIpc) is 2.64. The number of ether oxygens (including phenoxy) is 3. The molecule has 0 aliphatic carbocycles. The predicted molar refractivity (Wildman–Crippen MR) is 89.1 cm³/mol. The van der Waals surface area contributed by atoms with Gasteiger partial charge in [-0.3, -0.25) is 4.79 Å². The van der Waals surface area contributed by atoms with Crippen LogP contribution in [0.5, 0.6) is 11.5 Å². The minimum Gasteiger partial charge on any atom is -0.493 e. The van der Waals surface area contributed by atoms with Gasteiger partial charge in [0.2, 0.25) is 0 Å². The van der Waals surface area contributed by atoms with Crippen LogP contribution in [0.2, 0.25) is 0 Å². The number of methoxy groups -OCH3 is 2. The molecule has 0 saturated carbocycles. The third kappa shape index (κ3) is 4.23. The fourth-order valence-electron chi connectivity index (χ4n) is 2.46. The Morgan fingerprint density at radius 1 is 1.04 bits per heavy atom. The van der Waals surface area contributed by atoms with Gasteiger partial charge in [-0.1, -0.05) is 0 Å². The normalized spacial score (nSPS) is 14.3. The molecule has 1 fully saturated rings. The second-order valence-corrected chi connectivity index (χ2v) is 5.53. The monoisotopic (exact) mass is 356 g/mol. The number of carbonyl (C=O) groups is 2. The van der Waals surface area contributed by atoms with Crippen LogP contribution in [0.4, 0.5) is 4.79 Å². The van der Waals surface area contributed by atoms with Crippen LogP contribution in [0.25, 0.3) is 0 Å². The molecule has 8 heteroatoms. The van der Waals surface area contributed by atoms with E-state index in [1.165, 1.54) is 7.11 Å². The lowest BCUT2D eigenvalue weighted by Gasteiger charge is -2.34. The van der Waals surface area contributed by atoms with Crippen molar-refractivity contribution >= 4 is 23.6 Å². The molecule has 2 amide bonds. The van der Waals surface area contributed by atoms with Crippen LogP contribution in [-0.4, -0.2) is 74.7 Å². The largest absolute Gasteiger partial charge is 0.493 e. The molecule has 7 nitrogen and oxygen atoms in total. The van der Waals surface area contributed by atoms with Crippen molar-refractivity contribution in [2.75, 3.05) is 52.9 Å². The van der Waals surface area contributed by atoms with E-state index in [2.05, 4.69) is 0 Å². The molecule has 1 aliphatic rings. The van der Waals surface area contributed by atoms with E-state index < -0.39 is 6.09 Å². The van der Waals surface area contributed by atoms with E-state index in [0.717, 1.165) is 0 Å². The zero-order chi connectivity index (χ0) is 17.5. The number of hydrogen-bond acceptors (Lipinski definition) is 5. The molecule has 2 rings (SSSR count). The number of rotatable bonds is 5. The lowest BCUT2D eigenvalue weighted by Crippen LogP contribution is -2.50. The highest BCUT2D eigenvalue weighted by Gasteiger charge is 2.26. The molecule has 0 unspecified atom stereocenters. The van der Waals surface area contributed by atoms with Gasteiger partial charge in [0.15, 0.2) is 11.5 Å². The van der Waals surface area contributed by atoms with Crippen molar-refractivity contribution < 1.29 is 23.8 Å². The molecule has 1 heterocycles. The van der Waals surface area contributed by atoms with Gasteiger partial charge < -0.3 is 24.0 Å². The number of benzene rings is 1. The Balaban J connectivity index is 1.96. The quantitative estimate of drug-likeness (QED) is 0.753. The van der Waals surface area contributed by atoms with Gasteiger partial charge in [-0.2, -0.15) is 0 Å². The summed E-state index contributed by atoms with van der Waals surface area (Å²) in [5.74, 6) is 1.24. The molecule has 1 aromatic carbocycles. The first-order chi connectivity index (χ1) is 11.6. The minimum absolute atomic E-state index is 0.107. The highest BCUT2D eigenvalue weighted by Crippen LogP contribution is 2.28. The van der Waals surface area contributed by atoms with E-state index in [1.54, 1.807) is 35.1 Å². The average molecular weight is 357 g/mol. The van der Waals surface area contributed by atoms with Crippen LogP contribution in [0, 0.1) is 0 Å². The molecular weight excluding hydrogens is 336 g/mol. The summed E-state index contributed by atoms with van der Waals surface area (Å²) in [5, 5.41) is 0. The number of hydrogen-bond donors (Lipinski definition) is 0. The van der Waals surface area contributed by atoms with Crippen molar-refractivity contribution in [3.63, 3.8) is 0 Å². The van der Waals surface area contributed by atoms with Gasteiger partial charge in [0.05, 0.1) is 20.1 Å². The Morgan fingerprint density at radius 2 is 1.67 bits per heavy atom. The SMILES string of the molecule is COc1ccc(C(=O)N2CCN(C(=O)OCCCl)CC2)cc1OC. The Labute approximate surface area is 146 Å². The van der Waals surface area contributed by atoms with Crippen LogP contribution in [0.15, 0.2) is 18.2 Å². The Kier molecular flexibility index (Phi) is 6.54. The number of halogens is 1. The van der Waals surface area contributed by atoms with Gasteiger partial charge in [0.25, 0.3) is 5.91 Å². The molecule has 0 bridgehead atoms. The lowest BCUT2D eigenvalue weighted by atomic mass is 10.1. The third-order valence-corrected chi connectivity index (χ3v) is 3.91.